The van der Waals surface area contributed by atoms with Gasteiger partial charge < -0.3 is 10.1 Å². The van der Waals surface area contributed by atoms with E-state index in [4.69, 9.17) is 4.74 Å². The van der Waals surface area contributed by atoms with Crippen LogP contribution < -0.4 is 10.1 Å². The van der Waals surface area contributed by atoms with E-state index in [1.807, 2.05) is 37.0 Å². The van der Waals surface area contributed by atoms with Crippen LogP contribution in [0.1, 0.15) is 33.6 Å². The smallest absolute Gasteiger partial charge is 0.256 e. The van der Waals surface area contributed by atoms with Crippen molar-refractivity contribution in [3.05, 3.63) is 40.6 Å². The monoisotopic (exact) mass is 315 g/mol. The van der Waals surface area contributed by atoms with Crippen molar-refractivity contribution >= 4 is 23.5 Å². The van der Waals surface area contributed by atoms with Crippen LogP contribution in [0.5, 0.6) is 5.75 Å². The van der Waals surface area contributed by atoms with Crippen LogP contribution >= 0.6 is 11.8 Å². The lowest BCUT2D eigenvalue weighted by atomic mass is 10.0. The number of thioether (sulfide) groups is 1. The molecule has 1 N–H and O–H groups in total. The maximum atomic E-state index is 12.6. The number of nitrogens with zero attached hydrogens (tertiary/aromatic N) is 2. The van der Waals surface area contributed by atoms with Crippen molar-refractivity contribution in [1.82, 2.24) is 9.78 Å². The molecule has 5 nitrogen and oxygen atoms in total. The number of aromatic nitrogens is 2. The number of benzene rings is 1. The minimum Gasteiger partial charge on any atom is -0.493 e. The van der Waals surface area contributed by atoms with Crippen LogP contribution in [0.3, 0.4) is 0 Å². The Morgan fingerprint density at radius 3 is 3.23 bits per heavy atom. The number of carbonyl (C=O) groups excluding carboxylic acids is 1. The quantitative estimate of drug-likeness (QED) is 0.926. The lowest BCUT2D eigenvalue weighted by Crippen LogP contribution is -2.17. The topological polar surface area (TPSA) is 56.2 Å². The molecule has 4 rings (SSSR count). The molecular weight excluding hydrogens is 298 g/mol. The molecule has 114 valence electrons. The van der Waals surface area contributed by atoms with Gasteiger partial charge in [0.15, 0.2) is 0 Å². The maximum absolute atomic E-state index is 12.6. The van der Waals surface area contributed by atoms with Gasteiger partial charge in [0.2, 0.25) is 0 Å². The highest BCUT2D eigenvalue weighted by Gasteiger charge is 2.23. The average Bonchev–Trinajstić information content (AvgIpc) is 3.09. The lowest BCUT2D eigenvalue weighted by molar-refractivity contribution is 0.102. The van der Waals surface area contributed by atoms with Crippen molar-refractivity contribution in [2.24, 2.45) is 7.05 Å². The summed E-state index contributed by atoms with van der Waals surface area (Å²) in [4.78, 5) is 12.6. The third-order valence-corrected chi connectivity index (χ3v) is 5.09. The van der Waals surface area contributed by atoms with E-state index in [9.17, 15) is 4.79 Å². The van der Waals surface area contributed by atoms with Gasteiger partial charge in [-0.1, -0.05) is 0 Å². The zero-order valence-corrected chi connectivity index (χ0v) is 13.2. The molecule has 0 aliphatic carbocycles. The molecule has 0 radical (unpaired) electrons. The van der Waals surface area contributed by atoms with Crippen LogP contribution in [0.4, 0.5) is 5.82 Å². The number of hydrogen-bond acceptors (Lipinski definition) is 4. The number of hydrogen-bond donors (Lipinski definition) is 1. The van der Waals surface area contributed by atoms with Gasteiger partial charge in [-0.05, 0) is 36.6 Å². The normalized spacial score (nSPS) is 15.9. The first-order chi connectivity index (χ1) is 10.7. The fourth-order valence-corrected chi connectivity index (χ4v) is 4.01. The molecule has 2 aliphatic rings. The minimum atomic E-state index is -0.0870. The Kier molecular flexibility index (Phi) is 3.33. The Bertz CT molecular complexity index is 754. The number of aryl methyl sites for hydroxylation is 2. The molecule has 6 heteroatoms. The van der Waals surface area contributed by atoms with Gasteiger partial charge in [-0.3, -0.25) is 9.48 Å². The lowest BCUT2D eigenvalue weighted by Gasteiger charge is -2.17. The molecule has 0 fully saturated rings. The van der Waals surface area contributed by atoms with Gasteiger partial charge >= 0.3 is 0 Å². The van der Waals surface area contributed by atoms with Crippen LogP contribution in [-0.4, -0.2) is 22.3 Å². The van der Waals surface area contributed by atoms with Crippen molar-refractivity contribution in [1.29, 1.82) is 0 Å². The number of ether oxygens (including phenoxy) is 1. The molecule has 0 saturated heterocycles. The third-order valence-electron chi connectivity index (χ3n) is 4.12. The highest BCUT2D eigenvalue weighted by molar-refractivity contribution is 7.98. The maximum Gasteiger partial charge on any atom is 0.256 e. The molecule has 1 aromatic heterocycles. The molecule has 0 unspecified atom stereocenters. The van der Waals surface area contributed by atoms with Crippen molar-refractivity contribution in [3.63, 3.8) is 0 Å². The summed E-state index contributed by atoms with van der Waals surface area (Å²) in [6, 6.07) is 5.66. The summed E-state index contributed by atoms with van der Waals surface area (Å²) >= 11 is 1.83. The molecule has 1 amide bonds. The van der Waals surface area contributed by atoms with Gasteiger partial charge in [-0.25, -0.2) is 0 Å². The average molecular weight is 315 g/mol. The molecule has 0 bridgehead atoms. The summed E-state index contributed by atoms with van der Waals surface area (Å²) in [7, 11) is 1.87. The Balaban J connectivity index is 1.60. The Morgan fingerprint density at radius 2 is 2.32 bits per heavy atom. The van der Waals surface area contributed by atoms with Gasteiger partial charge in [0, 0.05) is 29.7 Å². The third kappa shape index (κ3) is 2.27. The van der Waals surface area contributed by atoms with Gasteiger partial charge in [-0.15, -0.1) is 0 Å². The summed E-state index contributed by atoms with van der Waals surface area (Å²) in [5.74, 6) is 3.47. The Labute approximate surface area is 133 Å². The first kappa shape index (κ1) is 13.7. The van der Waals surface area contributed by atoms with Gasteiger partial charge in [0.05, 0.1) is 12.3 Å². The van der Waals surface area contributed by atoms with Crippen LogP contribution in [0.2, 0.25) is 0 Å². The van der Waals surface area contributed by atoms with Gasteiger partial charge in [0.1, 0.15) is 11.6 Å². The van der Waals surface area contributed by atoms with E-state index in [-0.39, 0.29) is 5.91 Å². The number of anilines is 1. The molecule has 3 heterocycles. The van der Waals surface area contributed by atoms with E-state index in [0.29, 0.717) is 5.56 Å². The van der Waals surface area contributed by atoms with E-state index in [0.717, 1.165) is 59.3 Å². The van der Waals surface area contributed by atoms with E-state index < -0.39 is 0 Å². The fourth-order valence-electron chi connectivity index (χ4n) is 2.98. The zero-order valence-electron chi connectivity index (χ0n) is 12.4. The minimum absolute atomic E-state index is 0.0870. The largest absolute Gasteiger partial charge is 0.493 e. The van der Waals surface area contributed by atoms with E-state index in [1.54, 1.807) is 4.68 Å². The second-order valence-electron chi connectivity index (χ2n) is 5.62. The highest BCUT2D eigenvalue weighted by Crippen LogP contribution is 2.34. The van der Waals surface area contributed by atoms with Crippen LogP contribution in [-0.2, 0) is 25.0 Å². The molecule has 2 aromatic rings. The SMILES string of the molecule is Cn1nc2c(c1NC(=O)c1ccc3c(c1)CCCO3)CSC2. The standard InChI is InChI=1S/C16H17N3O2S/c1-19-15(12-8-22-9-13(12)18-19)17-16(20)11-4-5-14-10(7-11)3-2-6-21-14/h4-5,7H,2-3,6,8-9H2,1H3,(H,17,20). The Morgan fingerprint density at radius 1 is 1.41 bits per heavy atom. The van der Waals surface area contributed by atoms with Crippen molar-refractivity contribution < 1.29 is 9.53 Å². The number of fused-ring (bicyclic) bond motifs is 2. The summed E-state index contributed by atoms with van der Waals surface area (Å²) in [5, 5.41) is 7.49. The summed E-state index contributed by atoms with van der Waals surface area (Å²) < 4.78 is 7.36. The summed E-state index contributed by atoms with van der Waals surface area (Å²) in [5.41, 5.74) is 4.03. The summed E-state index contributed by atoms with van der Waals surface area (Å²) in [6.07, 6.45) is 1.97. The number of carbonyl (C=O) groups is 1. The fraction of sp³-hybridized carbons (Fsp3) is 0.375. The molecule has 2 aliphatic heterocycles. The second kappa shape index (κ2) is 5.35. The first-order valence-corrected chi connectivity index (χ1v) is 8.57. The van der Waals surface area contributed by atoms with Crippen LogP contribution in [0, 0.1) is 0 Å². The molecule has 0 saturated carbocycles. The number of nitrogens with one attached hydrogen (secondary N) is 1. The van der Waals surface area contributed by atoms with Crippen LogP contribution in [0.25, 0.3) is 0 Å². The van der Waals surface area contributed by atoms with Crippen molar-refractivity contribution in [2.45, 2.75) is 24.3 Å². The van der Waals surface area contributed by atoms with E-state index >= 15 is 0 Å². The first-order valence-electron chi connectivity index (χ1n) is 7.42. The van der Waals surface area contributed by atoms with Gasteiger partial charge in [0.25, 0.3) is 5.91 Å². The molecule has 0 atom stereocenters. The molecule has 22 heavy (non-hydrogen) atoms. The summed E-state index contributed by atoms with van der Waals surface area (Å²) in [6.45, 7) is 0.761. The van der Waals surface area contributed by atoms with Crippen LogP contribution in [0.15, 0.2) is 18.2 Å². The van der Waals surface area contributed by atoms with E-state index in [2.05, 4.69) is 10.4 Å². The number of amides is 1. The highest BCUT2D eigenvalue weighted by atomic mass is 32.2. The molecule has 0 spiro atoms. The predicted octanol–water partition coefficient (Wildman–Crippen LogP) is 2.74. The predicted molar refractivity (Wildman–Crippen MR) is 86.4 cm³/mol. The van der Waals surface area contributed by atoms with Crippen molar-refractivity contribution in [2.75, 3.05) is 11.9 Å². The molecular formula is C16H17N3O2S. The zero-order chi connectivity index (χ0) is 15.1. The van der Waals surface area contributed by atoms with E-state index in [1.165, 1.54) is 0 Å². The van der Waals surface area contributed by atoms with Gasteiger partial charge in [-0.2, -0.15) is 16.9 Å². The molecule has 1 aromatic carbocycles. The van der Waals surface area contributed by atoms with Crippen molar-refractivity contribution in [3.8, 4) is 5.75 Å². The second-order valence-corrected chi connectivity index (χ2v) is 6.60. The Hall–Kier alpha value is -1.95. The number of rotatable bonds is 2.